The first-order valence-corrected chi connectivity index (χ1v) is 4.80. The highest BCUT2D eigenvalue weighted by Crippen LogP contribution is 2.25. The van der Waals surface area contributed by atoms with E-state index in [1.165, 1.54) is 11.3 Å². The number of aryl methyl sites for hydroxylation is 2. The van der Waals surface area contributed by atoms with Crippen molar-refractivity contribution in [3.05, 3.63) is 17.0 Å². The summed E-state index contributed by atoms with van der Waals surface area (Å²) in [5.74, 6) is 0. The van der Waals surface area contributed by atoms with E-state index in [4.69, 9.17) is 0 Å². The molecule has 0 saturated carbocycles. The molecule has 0 bridgehead atoms. The van der Waals surface area contributed by atoms with E-state index in [0.717, 1.165) is 12.1 Å². The third kappa shape index (κ3) is 1.51. The normalized spacial score (nSPS) is 13.4. The molecule has 1 unspecified atom stereocenters. The van der Waals surface area contributed by atoms with Gasteiger partial charge >= 0.3 is 0 Å². The van der Waals surface area contributed by atoms with E-state index in [-0.39, 0.29) is 5.25 Å². The zero-order valence-corrected chi connectivity index (χ0v) is 9.02. The third-order valence-electron chi connectivity index (χ3n) is 2.14. The van der Waals surface area contributed by atoms with E-state index in [2.05, 4.69) is 31.6 Å². The number of hydrogen-bond acceptors (Lipinski definition) is 2. The van der Waals surface area contributed by atoms with Crippen molar-refractivity contribution in [2.45, 2.75) is 32.4 Å². The van der Waals surface area contributed by atoms with Crippen molar-refractivity contribution in [3.8, 4) is 0 Å². The van der Waals surface area contributed by atoms with E-state index in [1.807, 2.05) is 18.7 Å². The Balaban J connectivity index is 3.23. The molecule has 0 spiro atoms. The van der Waals surface area contributed by atoms with Crippen LogP contribution in [0.3, 0.4) is 0 Å². The van der Waals surface area contributed by atoms with Gasteiger partial charge in [0.15, 0.2) is 0 Å². The monoisotopic (exact) mass is 184 g/mol. The van der Waals surface area contributed by atoms with Gasteiger partial charge in [-0.1, -0.05) is 6.92 Å². The highest BCUT2D eigenvalue weighted by atomic mass is 32.1. The van der Waals surface area contributed by atoms with Crippen LogP contribution in [0.1, 0.15) is 36.0 Å². The minimum atomic E-state index is 0.286. The predicted molar refractivity (Wildman–Crippen MR) is 54.7 cm³/mol. The molecule has 68 valence electrons. The molecule has 12 heavy (non-hydrogen) atoms. The van der Waals surface area contributed by atoms with Gasteiger partial charge in [-0.05, 0) is 20.3 Å². The van der Waals surface area contributed by atoms with Crippen LogP contribution in [0, 0.1) is 6.92 Å². The maximum absolute atomic E-state index is 4.44. The summed E-state index contributed by atoms with van der Waals surface area (Å²) in [5.41, 5.74) is 3.70. The molecule has 0 aliphatic carbocycles. The first-order chi connectivity index (χ1) is 5.57. The Bertz CT molecular complexity index is 276. The van der Waals surface area contributed by atoms with Crippen LogP contribution < -0.4 is 0 Å². The van der Waals surface area contributed by atoms with E-state index >= 15 is 0 Å². The lowest BCUT2D eigenvalue weighted by molar-refractivity contribution is 0.709. The molecule has 0 aliphatic heterocycles. The lowest BCUT2D eigenvalue weighted by Crippen LogP contribution is -1.98. The maximum atomic E-state index is 4.44. The number of rotatable bonds is 2. The average molecular weight is 184 g/mol. The zero-order valence-electron chi connectivity index (χ0n) is 8.13. The van der Waals surface area contributed by atoms with E-state index in [1.54, 1.807) is 0 Å². The second kappa shape index (κ2) is 3.52. The van der Waals surface area contributed by atoms with Gasteiger partial charge in [0.05, 0.1) is 5.69 Å². The molecule has 0 amide bonds. The van der Waals surface area contributed by atoms with Crippen molar-refractivity contribution in [1.82, 2.24) is 9.78 Å². The standard InChI is InChI=1S/C9H16N2S/c1-5-8-9(7(3)12)6(2)10-11(8)4/h7,12H,5H2,1-4H3. The molecule has 0 N–H and O–H groups in total. The van der Waals surface area contributed by atoms with Crippen LogP contribution in [0.4, 0.5) is 0 Å². The fourth-order valence-electron chi connectivity index (χ4n) is 1.69. The van der Waals surface area contributed by atoms with Gasteiger partial charge in [0.2, 0.25) is 0 Å². The third-order valence-corrected chi connectivity index (χ3v) is 2.40. The average Bonchev–Trinajstić information content (AvgIpc) is 2.24. The number of thiol groups is 1. The Labute approximate surface area is 79.4 Å². The van der Waals surface area contributed by atoms with Crippen LogP contribution in [0.15, 0.2) is 0 Å². The SMILES string of the molecule is CCc1c(C(C)S)c(C)nn1C. The quantitative estimate of drug-likeness (QED) is 0.698. The van der Waals surface area contributed by atoms with Gasteiger partial charge in [-0.2, -0.15) is 17.7 Å². The largest absolute Gasteiger partial charge is 0.272 e. The summed E-state index contributed by atoms with van der Waals surface area (Å²) in [7, 11) is 1.99. The highest BCUT2D eigenvalue weighted by Gasteiger charge is 2.14. The Hall–Kier alpha value is -0.440. The zero-order chi connectivity index (χ0) is 9.30. The fraction of sp³-hybridized carbons (Fsp3) is 0.667. The molecule has 2 nitrogen and oxygen atoms in total. The van der Waals surface area contributed by atoms with Crippen molar-refractivity contribution in [1.29, 1.82) is 0 Å². The molecule has 1 aromatic heterocycles. The Morgan fingerprint density at radius 3 is 2.50 bits per heavy atom. The summed E-state index contributed by atoms with van der Waals surface area (Å²) in [6, 6.07) is 0. The Morgan fingerprint density at radius 1 is 1.58 bits per heavy atom. The molecule has 0 saturated heterocycles. The van der Waals surface area contributed by atoms with Gasteiger partial charge in [-0.25, -0.2) is 0 Å². The molecule has 0 fully saturated rings. The summed E-state index contributed by atoms with van der Waals surface area (Å²) in [6.07, 6.45) is 1.03. The fourth-order valence-corrected chi connectivity index (χ4v) is 2.02. The molecule has 0 aliphatic rings. The van der Waals surface area contributed by atoms with Crippen LogP contribution in [0.25, 0.3) is 0 Å². The smallest absolute Gasteiger partial charge is 0.0639 e. The highest BCUT2D eigenvalue weighted by molar-refractivity contribution is 7.80. The van der Waals surface area contributed by atoms with Gasteiger partial charge in [0, 0.05) is 23.6 Å². The maximum Gasteiger partial charge on any atom is 0.0639 e. The summed E-state index contributed by atoms with van der Waals surface area (Å²) < 4.78 is 1.96. The second-order valence-corrected chi connectivity index (χ2v) is 3.87. The summed E-state index contributed by atoms with van der Waals surface area (Å²) in [4.78, 5) is 0. The summed E-state index contributed by atoms with van der Waals surface area (Å²) in [6.45, 7) is 6.28. The lowest BCUT2D eigenvalue weighted by atomic mass is 10.1. The topological polar surface area (TPSA) is 17.8 Å². The van der Waals surface area contributed by atoms with Crippen LogP contribution in [-0.2, 0) is 13.5 Å². The molecular formula is C9H16N2S. The number of nitrogens with zero attached hydrogens (tertiary/aromatic N) is 2. The van der Waals surface area contributed by atoms with Crippen LogP contribution in [0.2, 0.25) is 0 Å². The Kier molecular flexibility index (Phi) is 2.83. The van der Waals surface area contributed by atoms with Gasteiger partial charge < -0.3 is 0 Å². The van der Waals surface area contributed by atoms with Gasteiger partial charge in [0.1, 0.15) is 0 Å². The summed E-state index contributed by atoms with van der Waals surface area (Å²) in [5, 5.41) is 4.66. The minimum absolute atomic E-state index is 0.286. The first kappa shape index (κ1) is 9.65. The molecule has 1 heterocycles. The molecular weight excluding hydrogens is 168 g/mol. The number of hydrogen-bond donors (Lipinski definition) is 1. The van der Waals surface area contributed by atoms with E-state index in [9.17, 15) is 0 Å². The molecule has 1 aromatic rings. The first-order valence-electron chi connectivity index (χ1n) is 4.28. The van der Waals surface area contributed by atoms with E-state index < -0.39 is 0 Å². The van der Waals surface area contributed by atoms with Crippen molar-refractivity contribution < 1.29 is 0 Å². The van der Waals surface area contributed by atoms with E-state index in [0.29, 0.717) is 0 Å². The van der Waals surface area contributed by atoms with Crippen molar-refractivity contribution >= 4 is 12.6 Å². The van der Waals surface area contributed by atoms with Crippen LogP contribution in [-0.4, -0.2) is 9.78 Å². The molecule has 1 rings (SSSR count). The second-order valence-electron chi connectivity index (χ2n) is 3.10. The van der Waals surface area contributed by atoms with Gasteiger partial charge in [-0.3, -0.25) is 4.68 Å². The van der Waals surface area contributed by atoms with Crippen molar-refractivity contribution in [2.75, 3.05) is 0 Å². The van der Waals surface area contributed by atoms with Gasteiger partial charge in [-0.15, -0.1) is 0 Å². The minimum Gasteiger partial charge on any atom is -0.272 e. The molecule has 3 heteroatoms. The van der Waals surface area contributed by atoms with Crippen LogP contribution >= 0.6 is 12.6 Å². The molecule has 1 atom stereocenters. The van der Waals surface area contributed by atoms with Crippen molar-refractivity contribution in [2.24, 2.45) is 7.05 Å². The van der Waals surface area contributed by atoms with Crippen molar-refractivity contribution in [3.63, 3.8) is 0 Å². The predicted octanol–water partition coefficient (Wildman–Crippen LogP) is 2.28. The lowest BCUT2D eigenvalue weighted by Gasteiger charge is -2.06. The molecule has 0 radical (unpaired) electrons. The number of aromatic nitrogens is 2. The Morgan fingerprint density at radius 2 is 2.17 bits per heavy atom. The summed E-state index contributed by atoms with van der Waals surface area (Å²) >= 11 is 4.44. The van der Waals surface area contributed by atoms with Crippen LogP contribution in [0.5, 0.6) is 0 Å². The van der Waals surface area contributed by atoms with Gasteiger partial charge in [0.25, 0.3) is 0 Å². The molecule has 0 aromatic carbocycles.